The quantitative estimate of drug-likeness (QED) is 0.587. The molecule has 0 radical (unpaired) electrons. The van der Waals surface area contributed by atoms with Crippen LogP contribution in [0, 0.1) is 0 Å². The van der Waals surface area contributed by atoms with Crippen molar-refractivity contribution >= 4 is 17.8 Å². The van der Waals surface area contributed by atoms with E-state index < -0.39 is 5.97 Å². The van der Waals surface area contributed by atoms with Gasteiger partial charge in [0.15, 0.2) is 0 Å². The summed E-state index contributed by atoms with van der Waals surface area (Å²) in [7, 11) is 0. The molecule has 1 rings (SSSR count). The fourth-order valence-electron chi connectivity index (χ4n) is 2.08. The van der Waals surface area contributed by atoms with Crippen molar-refractivity contribution in [3.8, 4) is 0 Å². The lowest BCUT2D eigenvalue weighted by Gasteiger charge is -2.31. The molecular weight excluding hydrogens is 262 g/mol. The summed E-state index contributed by atoms with van der Waals surface area (Å²) >= 11 is 0. The lowest BCUT2D eigenvalue weighted by atomic mass is 10.0. The molecule has 2 amide bonds. The molecule has 1 aliphatic rings. The van der Waals surface area contributed by atoms with Gasteiger partial charge in [-0.05, 0) is 26.7 Å². The number of carbonyl (C=O) groups is 3. The molecule has 7 nitrogen and oxygen atoms in total. The van der Waals surface area contributed by atoms with Crippen LogP contribution in [0.1, 0.15) is 26.7 Å². The summed E-state index contributed by atoms with van der Waals surface area (Å²) in [5.74, 6) is -1.80. The Morgan fingerprint density at radius 1 is 1.20 bits per heavy atom. The van der Waals surface area contributed by atoms with Crippen molar-refractivity contribution in [2.24, 2.45) is 5.73 Å². The molecule has 1 fully saturated rings. The van der Waals surface area contributed by atoms with E-state index in [1.807, 2.05) is 4.90 Å². The lowest BCUT2D eigenvalue weighted by Crippen LogP contribution is -2.47. The highest BCUT2D eigenvalue weighted by molar-refractivity contribution is 6.01. The predicted octanol–water partition coefficient (Wildman–Crippen LogP) is -0.527. The third-order valence-electron chi connectivity index (χ3n) is 3.53. The Kier molecular flexibility index (Phi) is 5.69. The Labute approximate surface area is 117 Å². The van der Waals surface area contributed by atoms with Gasteiger partial charge in [0.1, 0.15) is 0 Å². The fourth-order valence-corrected chi connectivity index (χ4v) is 2.08. The van der Waals surface area contributed by atoms with Crippen LogP contribution in [-0.2, 0) is 14.4 Å². The summed E-state index contributed by atoms with van der Waals surface area (Å²) in [5, 5.41) is 11.7. The van der Waals surface area contributed by atoms with E-state index in [0.29, 0.717) is 13.1 Å². The SMILES string of the molecule is CC(C(=O)O)=C(C)C(=O)NC1CCN(CC(N)=O)CC1. The van der Waals surface area contributed by atoms with Crippen LogP contribution in [0.15, 0.2) is 11.1 Å². The predicted molar refractivity (Wildman–Crippen MR) is 72.8 cm³/mol. The Bertz CT molecular complexity index is 437. The van der Waals surface area contributed by atoms with E-state index in [1.54, 1.807) is 0 Å². The minimum Gasteiger partial charge on any atom is -0.478 e. The van der Waals surface area contributed by atoms with Crippen LogP contribution in [0.2, 0.25) is 0 Å². The first-order chi connectivity index (χ1) is 9.31. The van der Waals surface area contributed by atoms with E-state index in [-0.39, 0.29) is 35.5 Å². The Balaban J connectivity index is 2.48. The molecule has 7 heteroatoms. The first-order valence-electron chi connectivity index (χ1n) is 6.53. The monoisotopic (exact) mass is 283 g/mol. The third kappa shape index (κ3) is 4.65. The highest BCUT2D eigenvalue weighted by atomic mass is 16.4. The average Bonchev–Trinajstić information content (AvgIpc) is 2.38. The summed E-state index contributed by atoms with van der Waals surface area (Å²) in [6.45, 7) is 4.52. The Morgan fingerprint density at radius 2 is 1.75 bits per heavy atom. The minimum atomic E-state index is -1.09. The van der Waals surface area contributed by atoms with Gasteiger partial charge in [0.05, 0.1) is 6.54 Å². The van der Waals surface area contributed by atoms with E-state index in [0.717, 1.165) is 12.8 Å². The molecule has 0 bridgehead atoms. The number of carbonyl (C=O) groups excluding carboxylic acids is 2. The first kappa shape index (κ1) is 16.2. The van der Waals surface area contributed by atoms with Crippen LogP contribution in [0.5, 0.6) is 0 Å². The number of primary amides is 1. The van der Waals surface area contributed by atoms with Crippen molar-refractivity contribution in [1.82, 2.24) is 10.2 Å². The molecular formula is C13H21N3O4. The molecule has 0 aromatic heterocycles. The van der Waals surface area contributed by atoms with Gasteiger partial charge >= 0.3 is 5.97 Å². The van der Waals surface area contributed by atoms with Gasteiger partial charge in [0.2, 0.25) is 11.8 Å². The molecule has 0 atom stereocenters. The summed E-state index contributed by atoms with van der Waals surface area (Å²) in [4.78, 5) is 35.4. The number of amides is 2. The molecule has 112 valence electrons. The Morgan fingerprint density at radius 3 is 2.20 bits per heavy atom. The standard InChI is InChI=1S/C13H21N3O4/c1-8(9(2)13(19)20)12(18)15-10-3-5-16(6-4-10)7-11(14)17/h10H,3-7H2,1-2H3,(H2,14,17)(H,15,18)(H,19,20). The smallest absolute Gasteiger partial charge is 0.331 e. The summed E-state index contributed by atoms with van der Waals surface area (Å²) in [5.41, 5.74) is 5.40. The van der Waals surface area contributed by atoms with Crippen LogP contribution in [-0.4, -0.2) is 53.5 Å². The summed E-state index contributed by atoms with van der Waals surface area (Å²) < 4.78 is 0. The molecule has 20 heavy (non-hydrogen) atoms. The van der Waals surface area contributed by atoms with Gasteiger partial charge in [-0.2, -0.15) is 0 Å². The van der Waals surface area contributed by atoms with Crippen LogP contribution < -0.4 is 11.1 Å². The number of rotatable bonds is 5. The molecule has 0 aromatic carbocycles. The molecule has 0 spiro atoms. The summed E-state index contributed by atoms with van der Waals surface area (Å²) in [6, 6.07) is 0.00294. The third-order valence-corrected chi connectivity index (χ3v) is 3.53. The number of nitrogens with zero attached hydrogens (tertiary/aromatic N) is 1. The van der Waals surface area contributed by atoms with Crippen molar-refractivity contribution in [2.45, 2.75) is 32.7 Å². The number of nitrogens with two attached hydrogens (primary N) is 1. The van der Waals surface area contributed by atoms with Gasteiger partial charge in [-0.15, -0.1) is 0 Å². The van der Waals surface area contributed by atoms with Crippen molar-refractivity contribution < 1.29 is 19.5 Å². The zero-order valence-corrected chi connectivity index (χ0v) is 11.8. The van der Waals surface area contributed by atoms with Gasteiger partial charge in [-0.3, -0.25) is 14.5 Å². The number of nitrogens with one attached hydrogen (secondary N) is 1. The van der Waals surface area contributed by atoms with E-state index >= 15 is 0 Å². The molecule has 1 aliphatic heterocycles. The molecule has 1 heterocycles. The van der Waals surface area contributed by atoms with Crippen molar-refractivity contribution in [2.75, 3.05) is 19.6 Å². The number of carboxylic acid groups (broad SMARTS) is 1. The van der Waals surface area contributed by atoms with Crippen molar-refractivity contribution in [1.29, 1.82) is 0 Å². The molecule has 0 unspecified atom stereocenters. The first-order valence-corrected chi connectivity index (χ1v) is 6.53. The maximum atomic E-state index is 11.9. The zero-order chi connectivity index (χ0) is 15.3. The van der Waals surface area contributed by atoms with Gasteiger partial charge in [-0.25, -0.2) is 4.79 Å². The average molecular weight is 283 g/mol. The number of aliphatic carboxylic acids is 1. The number of hydrogen-bond acceptors (Lipinski definition) is 4. The molecule has 0 aromatic rings. The molecule has 0 saturated carbocycles. The number of likely N-dealkylation sites (tertiary alicyclic amines) is 1. The minimum absolute atomic E-state index is 0.00294. The second-order valence-electron chi connectivity index (χ2n) is 5.05. The van der Waals surface area contributed by atoms with E-state index in [1.165, 1.54) is 13.8 Å². The van der Waals surface area contributed by atoms with E-state index in [2.05, 4.69) is 5.32 Å². The normalized spacial score (nSPS) is 18.3. The van der Waals surface area contributed by atoms with Gasteiger partial charge in [0.25, 0.3) is 0 Å². The highest BCUT2D eigenvalue weighted by Crippen LogP contribution is 2.11. The second kappa shape index (κ2) is 7.04. The van der Waals surface area contributed by atoms with Gasteiger partial charge < -0.3 is 16.2 Å². The van der Waals surface area contributed by atoms with Crippen LogP contribution in [0.25, 0.3) is 0 Å². The topological polar surface area (TPSA) is 113 Å². The number of carboxylic acids is 1. The fraction of sp³-hybridized carbons (Fsp3) is 0.615. The highest BCUT2D eigenvalue weighted by Gasteiger charge is 2.22. The molecule has 1 saturated heterocycles. The van der Waals surface area contributed by atoms with Crippen LogP contribution in [0.4, 0.5) is 0 Å². The van der Waals surface area contributed by atoms with E-state index in [9.17, 15) is 14.4 Å². The summed E-state index contributed by atoms with van der Waals surface area (Å²) in [6.07, 6.45) is 1.44. The van der Waals surface area contributed by atoms with Crippen LogP contribution >= 0.6 is 0 Å². The maximum absolute atomic E-state index is 11.9. The van der Waals surface area contributed by atoms with Crippen molar-refractivity contribution in [3.63, 3.8) is 0 Å². The number of piperidine rings is 1. The van der Waals surface area contributed by atoms with Crippen LogP contribution in [0.3, 0.4) is 0 Å². The Hall–Kier alpha value is -1.89. The maximum Gasteiger partial charge on any atom is 0.331 e. The van der Waals surface area contributed by atoms with Gasteiger partial charge in [0, 0.05) is 30.3 Å². The van der Waals surface area contributed by atoms with Crippen molar-refractivity contribution in [3.05, 3.63) is 11.1 Å². The number of hydrogen-bond donors (Lipinski definition) is 3. The second-order valence-corrected chi connectivity index (χ2v) is 5.05. The van der Waals surface area contributed by atoms with Gasteiger partial charge in [-0.1, -0.05) is 0 Å². The molecule has 4 N–H and O–H groups in total. The zero-order valence-electron chi connectivity index (χ0n) is 11.8. The molecule has 0 aliphatic carbocycles. The lowest BCUT2D eigenvalue weighted by molar-refractivity contribution is -0.133. The largest absolute Gasteiger partial charge is 0.478 e. The van der Waals surface area contributed by atoms with E-state index in [4.69, 9.17) is 10.8 Å².